The third kappa shape index (κ3) is 5.22. The lowest BCUT2D eigenvalue weighted by molar-refractivity contribution is -0.127. The number of benzene rings is 2. The molecule has 0 bridgehead atoms. The monoisotopic (exact) mass is 391 g/mol. The van der Waals surface area contributed by atoms with E-state index in [0.717, 1.165) is 27.7 Å². The summed E-state index contributed by atoms with van der Waals surface area (Å²) in [6, 6.07) is 15.2. The number of fused-ring (bicyclic) bond motifs is 1. The van der Waals surface area contributed by atoms with E-state index in [1.807, 2.05) is 55.5 Å². The number of hydrogen-bond donors (Lipinski definition) is 3. The van der Waals surface area contributed by atoms with Crippen molar-refractivity contribution in [2.45, 2.75) is 13.3 Å². The molecule has 0 saturated carbocycles. The molecule has 1 aromatic heterocycles. The number of nitrogens with zero attached hydrogens (tertiary/aromatic N) is 2. The van der Waals surface area contributed by atoms with E-state index in [1.54, 1.807) is 25.2 Å². The molecular weight excluding hydrogens is 366 g/mol. The van der Waals surface area contributed by atoms with E-state index >= 15 is 0 Å². The van der Waals surface area contributed by atoms with Gasteiger partial charge in [-0.2, -0.15) is 0 Å². The van der Waals surface area contributed by atoms with E-state index in [9.17, 15) is 9.59 Å². The van der Waals surface area contributed by atoms with Crippen LogP contribution in [0.3, 0.4) is 0 Å². The van der Waals surface area contributed by atoms with E-state index in [0.29, 0.717) is 18.8 Å². The van der Waals surface area contributed by atoms with Crippen LogP contribution in [0.2, 0.25) is 0 Å². The van der Waals surface area contributed by atoms with Crippen molar-refractivity contribution < 1.29 is 9.59 Å². The second kappa shape index (κ2) is 9.05. The Labute approximate surface area is 170 Å². The van der Waals surface area contributed by atoms with E-state index in [4.69, 9.17) is 0 Å². The Bertz CT molecular complexity index is 1030. The highest BCUT2D eigenvalue weighted by Gasteiger charge is 2.08. The van der Waals surface area contributed by atoms with E-state index in [2.05, 4.69) is 20.9 Å². The number of rotatable bonds is 6. The van der Waals surface area contributed by atoms with E-state index in [1.165, 1.54) is 0 Å². The molecule has 7 nitrogen and oxygen atoms in total. The summed E-state index contributed by atoms with van der Waals surface area (Å²) in [5, 5.41) is 10.7. The first-order valence-corrected chi connectivity index (χ1v) is 9.46. The summed E-state index contributed by atoms with van der Waals surface area (Å²) < 4.78 is 0. The summed E-state index contributed by atoms with van der Waals surface area (Å²) in [7, 11) is 3.51. The van der Waals surface area contributed by atoms with Crippen molar-refractivity contribution in [2.24, 2.45) is 0 Å². The SMILES string of the molecule is CCNC(=O)Nc1cc2cccc(Nc3cccc(CC(=O)N(C)C)c3)c2cn1. The summed E-state index contributed by atoms with van der Waals surface area (Å²) in [5.74, 6) is 0.549. The number of carbonyl (C=O) groups is 2. The molecule has 0 saturated heterocycles. The van der Waals surface area contributed by atoms with Crippen molar-refractivity contribution in [1.29, 1.82) is 0 Å². The number of carbonyl (C=O) groups excluding carboxylic acids is 2. The number of amides is 3. The van der Waals surface area contributed by atoms with Gasteiger partial charge in [0.05, 0.1) is 6.42 Å². The predicted octanol–water partition coefficient (Wildman–Crippen LogP) is 3.75. The molecule has 0 atom stereocenters. The molecule has 2 aromatic carbocycles. The van der Waals surface area contributed by atoms with Crippen molar-refractivity contribution in [3.05, 3.63) is 60.3 Å². The maximum absolute atomic E-state index is 12.0. The number of urea groups is 1. The fourth-order valence-corrected chi connectivity index (χ4v) is 2.92. The average Bonchev–Trinajstić information content (AvgIpc) is 2.68. The molecule has 29 heavy (non-hydrogen) atoms. The Morgan fingerprint density at radius 1 is 1.07 bits per heavy atom. The van der Waals surface area contributed by atoms with Crippen molar-refractivity contribution in [1.82, 2.24) is 15.2 Å². The highest BCUT2D eigenvalue weighted by molar-refractivity contribution is 5.97. The summed E-state index contributed by atoms with van der Waals surface area (Å²) in [5.41, 5.74) is 2.74. The maximum atomic E-state index is 12.0. The Morgan fingerprint density at radius 3 is 2.62 bits per heavy atom. The summed E-state index contributed by atoms with van der Waals surface area (Å²) in [4.78, 5) is 29.6. The molecule has 3 aromatic rings. The van der Waals surface area contributed by atoms with Crippen LogP contribution in [-0.4, -0.2) is 42.5 Å². The van der Waals surface area contributed by atoms with Gasteiger partial charge in [-0.25, -0.2) is 9.78 Å². The molecule has 3 N–H and O–H groups in total. The molecule has 7 heteroatoms. The highest BCUT2D eigenvalue weighted by atomic mass is 16.2. The first-order valence-electron chi connectivity index (χ1n) is 9.46. The van der Waals surface area contributed by atoms with Gasteiger partial charge in [-0.1, -0.05) is 24.3 Å². The molecule has 0 radical (unpaired) electrons. The molecule has 0 aliphatic rings. The first-order chi connectivity index (χ1) is 14.0. The van der Waals surface area contributed by atoms with Crippen LogP contribution in [0.5, 0.6) is 0 Å². The predicted molar refractivity (Wildman–Crippen MR) is 117 cm³/mol. The van der Waals surface area contributed by atoms with Crippen LogP contribution < -0.4 is 16.0 Å². The lowest BCUT2D eigenvalue weighted by atomic mass is 10.1. The first kappa shape index (κ1) is 20.1. The third-order valence-corrected chi connectivity index (χ3v) is 4.40. The van der Waals surface area contributed by atoms with Crippen molar-refractivity contribution >= 4 is 39.9 Å². The Kier molecular flexibility index (Phi) is 6.29. The van der Waals surface area contributed by atoms with Crippen LogP contribution in [0, 0.1) is 0 Å². The van der Waals surface area contributed by atoms with Gasteiger partial charge in [0.1, 0.15) is 5.82 Å². The van der Waals surface area contributed by atoms with Crippen LogP contribution in [0.1, 0.15) is 12.5 Å². The standard InChI is InChI=1S/C22H25N5O2/c1-4-23-22(29)26-20-13-16-8-6-10-19(18(16)14-24-20)25-17-9-5-7-15(11-17)12-21(28)27(2)3/h5-11,13-14,25H,4,12H2,1-3H3,(H2,23,24,26,29). The van der Waals surface area contributed by atoms with Crippen molar-refractivity contribution in [3.8, 4) is 0 Å². The topological polar surface area (TPSA) is 86.4 Å². The molecule has 0 fully saturated rings. The second-order valence-electron chi connectivity index (χ2n) is 6.87. The van der Waals surface area contributed by atoms with Crippen molar-refractivity contribution in [3.63, 3.8) is 0 Å². The van der Waals surface area contributed by atoms with Gasteiger partial charge < -0.3 is 15.5 Å². The van der Waals surface area contributed by atoms with Crippen LogP contribution in [0.25, 0.3) is 10.8 Å². The van der Waals surface area contributed by atoms with Gasteiger partial charge in [0.15, 0.2) is 0 Å². The third-order valence-electron chi connectivity index (χ3n) is 4.40. The molecule has 1 heterocycles. The Hall–Kier alpha value is -3.61. The van der Waals surface area contributed by atoms with Gasteiger partial charge in [-0.15, -0.1) is 0 Å². The minimum absolute atomic E-state index is 0.0589. The van der Waals surface area contributed by atoms with E-state index < -0.39 is 0 Å². The van der Waals surface area contributed by atoms with Crippen LogP contribution in [0.15, 0.2) is 54.7 Å². The number of pyridine rings is 1. The lowest BCUT2D eigenvalue weighted by Gasteiger charge is -2.13. The molecular formula is C22H25N5O2. The van der Waals surface area contributed by atoms with Gasteiger partial charge in [0, 0.05) is 43.6 Å². The Morgan fingerprint density at radius 2 is 1.86 bits per heavy atom. The summed E-state index contributed by atoms with van der Waals surface area (Å²) >= 11 is 0. The average molecular weight is 391 g/mol. The fraction of sp³-hybridized carbons (Fsp3) is 0.227. The van der Waals surface area contributed by atoms with E-state index in [-0.39, 0.29) is 11.9 Å². The van der Waals surface area contributed by atoms with Crippen LogP contribution >= 0.6 is 0 Å². The second-order valence-corrected chi connectivity index (χ2v) is 6.87. The van der Waals surface area contributed by atoms with Crippen LogP contribution in [-0.2, 0) is 11.2 Å². The quantitative estimate of drug-likeness (QED) is 0.597. The van der Waals surface area contributed by atoms with Crippen LogP contribution in [0.4, 0.5) is 22.0 Å². The van der Waals surface area contributed by atoms with Gasteiger partial charge >= 0.3 is 6.03 Å². The summed E-state index contributed by atoms with van der Waals surface area (Å²) in [6.07, 6.45) is 2.09. The minimum atomic E-state index is -0.280. The fourth-order valence-electron chi connectivity index (χ4n) is 2.92. The highest BCUT2D eigenvalue weighted by Crippen LogP contribution is 2.27. The number of anilines is 3. The summed E-state index contributed by atoms with van der Waals surface area (Å²) in [6.45, 7) is 2.41. The Balaban J connectivity index is 1.82. The number of hydrogen-bond acceptors (Lipinski definition) is 4. The largest absolute Gasteiger partial charge is 0.355 e. The zero-order valence-electron chi connectivity index (χ0n) is 16.8. The zero-order chi connectivity index (χ0) is 20.8. The minimum Gasteiger partial charge on any atom is -0.355 e. The molecule has 0 aliphatic carbocycles. The zero-order valence-corrected chi connectivity index (χ0v) is 16.8. The number of nitrogens with one attached hydrogen (secondary N) is 3. The molecule has 150 valence electrons. The molecule has 3 rings (SSSR count). The number of aromatic nitrogens is 1. The van der Waals surface area contributed by atoms with Gasteiger partial charge in [0.25, 0.3) is 0 Å². The van der Waals surface area contributed by atoms with Crippen molar-refractivity contribution in [2.75, 3.05) is 31.3 Å². The van der Waals surface area contributed by atoms with Gasteiger partial charge in [-0.05, 0) is 42.1 Å². The molecule has 0 aliphatic heterocycles. The number of likely N-dealkylation sites (N-methyl/N-ethyl adjacent to an activating group) is 1. The maximum Gasteiger partial charge on any atom is 0.320 e. The van der Waals surface area contributed by atoms with Gasteiger partial charge in [-0.3, -0.25) is 10.1 Å². The lowest BCUT2D eigenvalue weighted by Crippen LogP contribution is -2.28. The van der Waals surface area contributed by atoms with Gasteiger partial charge in [0.2, 0.25) is 5.91 Å². The normalized spacial score (nSPS) is 10.4. The molecule has 0 spiro atoms. The molecule has 0 unspecified atom stereocenters. The molecule has 3 amide bonds. The smallest absolute Gasteiger partial charge is 0.320 e.